The number of hydrogen-bond acceptors (Lipinski definition) is 2. The van der Waals surface area contributed by atoms with E-state index in [-0.39, 0.29) is 34.4 Å². The molecule has 0 N–H and O–H groups in total. The second-order valence-corrected chi connectivity index (χ2v) is 5.93. The summed E-state index contributed by atoms with van der Waals surface area (Å²) in [4.78, 5) is 25.1. The molecule has 21 heavy (non-hydrogen) atoms. The summed E-state index contributed by atoms with van der Waals surface area (Å²) in [6, 6.07) is 6.48. The highest BCUT2D eigenvalue weighted by Gasteiger charge is 2.34. The summed E-state index contributed by atoms with van der Waals surface area (Å²) in [6.07, 6.45) is -3.63. The number of fused-ring (bicyclic) bond motifs is 1. The molecule has 1 aromatic carbocycles. The van der Waals surface area contributed by atoms with Gasteiger partial charge < -0.3 is 0 Å². The molecule has 3 nitrogen and oxygen atoms in total. The van der Waals surface area contributed by atoms with Gasteiger partial charge in [-0.25, -0.2) is 0 Å². The summed E-state index contributed by atoms with van der Waals surface area (Å²) in [7, 11) is 0. The highest BCUT2D eigenvalue weighted by Crippen LogP contribution is 2.26. The average Bonchev–Trinajstić information content (AvgIpc) is 2.62. The number of benzene rings is 1. The van der Waals surface area contributed by atoms with Crippen molar-refractivity contribution in [2.45, 2.75) is 19.0 Å². The number of alkyl halides is 3. The Labute approximate surface area is 132 Å². The Bertz CT molecular complexity index is 575. The van der Waals surface area contributed by atoms with E-state index in [0.717, 1.165) is 4.90 Å². The quantitative estimate of drug-likeness (QED) is 0.558. The molecule has 0 saturated heterocycles. The van der Waals surface area contributed by atoms with E-state index in [1.54, 1.807) is 46.9 Å². The first-order valence-corrected chi connectivity index (χ1v) is 7.26. The number of halogens is 4. The van der Waals surface area contributed by atoms with Crippen LogP contribution < -0.4 is 0 Å². The Balaban J connectivity index is 1.96. The van der Waals surface area contributed by atoms with Gasteiger partial charge in [0.15, 0.2) is 0 Å². The summed E-state index contributed by atoms with van der Waals surface area (Å²) in [6.45, 7) is 0.116. The van der Waals surface area contributed by atoms with Crippen molar-refractivity contribution in [3.63, 3.8) is 0 Å². The van der Waals surface area contributed by atoms with E-state index in [1.165, 1.54) is 0 Å². The second kappa shape index (κ2) is 6.17. The minimum Gasteiger partial charge on any atom is -0.274 e. The fraction of sp³-hybridized carbons (Fsp3) is 0.286. The Morgan fingerprint density at radius 1 is 1.14 bits per heavy atom. The molecular formula is C14H11F3INO2. The van der Waals surface area contributed by atoms with E-state index in [9.17, 15) is 22.8 Å². The van der Waals surface area contributed by atoms with Crippen LogP contribution in [0.25, 0.3) is 0 Å². The molecule has 0 saturated carbocycles. The maximum Gasteiger partial charge on any atom is 0.410 e. The van der Waals surface area contributed by atoms with Crippen molar-refractivity contribution in [3.05, 3.63) is 45.0 Å². The largest absolute Gasteiger partial charge is 0.410 e. The summed E-state index contributed by atoms with van der Waals surface area (Å²) < 4.78 is 36.6. The van der Waals surface area contributed by atoms with Crippen molar-refractivity contribution < 1.29 is 22.8 Å². The predicted octanol–water partition coefficient (Wildman–Crippen LogP) is 3.94. The van der Waals surface area contributed by atoms with E-state index in [1.807, 2.05) is 0 Å². The summed E-state index contributed by atoms with van der Waals surface area (Å²) >= 11 is 1.62. The standard InChI is InChI=1S/C14H11F3INO2/c15-14(16,17)8-9(18)4-3-7-19-12(20)10-5-1-2-6-11(10)13(19)21/h1-2,5-6,8H,3-4,7H2. The molecule has 2 rings (SSSR count). The van der Waals surface area contributed by atoms with Gasteiger partial charge in [0.05, 0.1) is 11.1 Å². The monoisotopic (exact) mass is 409 g/mol. The third-order valence-corrected chi connectivity index (χ3v) is 3.85. The number of hydrogen-bond donors (Lipinski definition) is 0. The molecule has 1 aliphatic rings. The highest BCUT2D eigenvalue weighted by atomic mass is 127. The SMILES string of the molecule is O=C1c2ccccc2C(=O)N1CCCC(I)=CC(F)(F)F. The number of amides is 2. The van der Waals surface area contributed by atoms with Gasteiger partial charge in [-0.05, 0) is 51.1 Å². The van der Waals surface area contributed by atoms with Crippen LogP contribution in [0.2, 0.25) is 0 Å². The molecule has 0 fully saturated rings. The number of carbonyl (C=O) groups is 2. The molecule has 0 aliphatic carbocycles. The molecule has 1 heterocycles. The molecule has 2 amide bonds. The zero-order valence-corrected chi connectivity index (χ0v) is 12.9. The van der Waals surface area contributed by atoms with Crippen molar-refractivity contribution in [2.75, 3.05) is 6.54 Å². The highest BCUT2D eigenvalue weighted by molar-refractivity contribution is 14.1. The molecule has 1 aliphatic heterocycles. The minimum atomic E-state index is -4.34. The maximum absolute atomic E-state index is 12.1. The van der Waals surface area contributed by atoms with Crippen LogP contribution in [0, 0.1) is 0 Å². The molecular weight excluding hydrogens is 398 g/mol. The smallest absolute Gasteiger partial charge is 0.274 e. The summed E-state index contributed by atoms with van der Waals surface area (Å²) in [5.41, 5.74) is 0.700. The first-order chi connectivity index (χ1) is 9.79. The first kappa shape index (κ1) is 16.0. The van der Waals surface area contributed by atoms with Crippen LogP contribution in [0.4, 0.5) is 13.2 Å². The zero-order chi connectivity index (χ0) is 15.6. The van der Waals surface area contributed by atoms with Gasteiger partial charge in [0.25, 0.3) is 11.8 Å². The van der Waals surface area contributed by atoms with E-state index >= 15 is 0 Å². The molecule has 0 bridgehead atoms. The van der Waals surface area contributed by atoms with Gasteiger partial charge >= 0.3 is 6.18 Å². The van der Waals surface area contributed by atoms with Crippen molar-refractivity contribution in [3.8, 4) is 0 Å². The Morgan fingerprint density at radius 3 is 2.14 bits per heavy atom. The van der Waals surface area contributed by atoms with Gasteiger partial charge in [0.2, 0.25) is 0 Å². The number of carbonyl (C=O) groups excluding carboxylic acids is 2. The first-order valence-electron chi connectivity index (χ1n) is 6.19. The molecule has 0 radical (unpaired) electrons. The van der Waals surface area contributed by atoms with Crippen LogP contribution in [0.1, 0.15) is 33.6 Å². The molecule has 0 aromatic heterocycles. The third kappa shape index (κ3) is 3.84. The molecule has 0 atom stereocenters. The molecule has 1 aromatic rings. The topological polar surface area (TPSA) is 37.4 Å². The van der Waals surface area contributed by atoms with E-state index in [0.29, 0.717) is 17.5 Å². The minimum absolute atomic E-state index is 0.116. The van der Waals surface area contributed by atoms with Gasteiger partial charge in [0.1, 0.15) is 0 Å². The fourth-order valence-electron chi connectivity index (χ4n) is 2.10. The van der Waals surface area contributed by atoms with Crippen LogP contribution in [-0.2, 0) is 0 Å². The molecule has 0 unspecified atom stereocenters. The van der Waals surface area contributed by atoms with E-state index < -0.39 is 6.18 Å². The number of rotatable bonds is 4. The van der Waals surface area contributed by atoms with Crippen molar-refractivity contribution in [1.82, 2.24) is 4.90 Å². The van der Waals surface area contributed by atoms with Crippen molar-refractivity contribution in [2.24, 2.45) is 0 Å². The fourth-order valence-corrected chi connectivity index (χ4v) is 2.83. The second-order valence-electron chi connectivity index (χ2n) is 4.54. The van der Waals surface area contributed by atoms with Crippen molar-refractivity contribution in [1.29, 1.82) is 0 Å². The molecule has 7 heteroatoms. The zero-order valence-electron chi connectivity index (χ0n) is 10.8. The Morgan fingerprint density at radius 2 is 1.67 bits per heavy atom. The molecule has 0 spiro atoms. The Kier molecular flexibility index (Phi) is 4.70. The lowest BCUT2D eigenvalue weighted by Gasteiger charge is -2.13. The maximum atomic E-state index is 12.1. The van der Waals surface area contributed by atoms with Crippen LogP contribution in [0.3, 0.4) is 0 Å². The van der Waals surface area contributed by atoms with Gasteiger partial charge in [-0.1, -0.05) is 12.1 Å². The normalized spacial score (nSPS) is 15.6. The lowest BCUT2D eigenvalue weighted by Crippen LogP contribution is -2.30. The molecule has 112 valence electrons. The number of nitrogens with zero attached hydrogens (tertiary/aromatic N) is 1. The lowest BCUT2D eigenvalue weighted by atomic mass is 10.1. The third-order valence-electron chi connectivity index (χ3n) is 3.00. The van der Waals surface area contributed by atoms with Gasteiger partial charge in [-0.2, -0.15) is 13.2 Å². The van der Waals surface area contributed by atoms with Crippen LogP contribution in [0.15, 0.2) is 33.9 Å². The van der Waals surface area contributed by atoms with E-state index in [2.05, 4.69) is 0 Å². The predicted molar refractivity (Wildman–Crippen MR) is 79.2 cm³/mol. The average molecular weight is 409 g/mol. The van der Waals surface area contributed by atoms with E-state index in [4.69, 9.17) is 0 Å². The summed E-state index contributed by atoms with van der Waals surface area (Å²) in [5.74, 6) is -0.768. The van der Waals surface area contributed by atoms with Gasteiger partial charge in [-0.15, -0.1) is 0 Å². The lowest BCUT2D eigenvalue weighted by molar-refractivity contribution is -0.0801. The number of allylic oxidation sites excluding steroid dienone is 2. The van der Waals surface area contributed by atoms with Crippen LogP contribution in [-0.4, -0.2) is 29.4 Å². The van der Waals surface area contributed by atoms with Crippen LogP contribution in [0.5, 0.6) is 0 Å². The van der Waals surface area contributed by atoms with Gasteiger partial charge in [0, 0.05) is 12.6 Å². The van der Waals surface area contributed by atoms with Crippen molar-refractivity contribution >= 4 is 34.4 Å². The number of imide groups is 1. The van der Waals surface area contributed by atoms with Crippen LogP contribution >= 0.6 is 22.6 Å². The van der Waals surface area contributed by atoms with Gasteiger partial charge in [-0.3, -0.25) is 14.5 Å². The Hall–Kier alpha value is -1.38. The summed E-state index contributed by atoms with van der Waals surface area (Å²) in [5, 5.41) is 0.